The van der Waals surface area contributed by atoms with Crippen LogP contribution in [0.25, 0.3) is 0 Å². The highest BCUT2D eigenvalue weighted by molar-refractivity contribution is 5.81. The van der Waals surface area contributed by atoms with Crippen molar-refractivity contribution in [1.29, 1.82) is 0 Å². The van der Waals surface area contributed by atoms with Crippen LogP contribution in [0.5, 0.6) is 0 Å². The van der Waals surface area contributed by atoms with Crippen LogP contribution in [-0.2, 0) is 22.4 Å². The van der Waals surface area contributed by atoms with Crippen LogP contribution in [0.15, 0.2) is 42.5 Å². The summed E-state index contributed by atoms with van der Waals surface area (Å²) in [5, 5.41) is 16.0. The van der Waals surface area contributed by atoms with Gasteiger partial charge in [-0.2, -0.15) is 0 Å². The van der Waals surface area contributed by atoms with Gasteiger partial charge in [0.2, 0.25) is 5.91 Å². The topological polar surface area (TPSA) is 94.6 Å². The number of amides is 1. The van der Waals surface area contributed by atoms with E-state index in [0.29, 0.717) is 19.6 Å². The van der Waals surface area contributed by atoms with Crippen LogP contribution >= 0.6 is 0 Å². The molecule has 7 nitrogen and oxygen atoms in total. The van der Waals surface area contributed by atoms with E-state index in [2.05, 4.69) is 22.8 Å². The second kappa shape index (κ2) is 9.92. The van der Waals surface area contributed by atoms with Crippen molar-refractivity contribution in [2.75, 3.05) is 31.5 Å². The van der Waals surface area contributed by atoms with Crippen molar-refractivity contribution in [2.45, 2.75) is 38.1 Å². The first-order valence-electron chi connectivity index (χ1n) is 11.1. The Morgan fingerprint density at radius 2 is 1.97 bits per heavy atom. The molecule has 31 heavy (non-hydrogen) atoms. The van der Waals surface area contributed by atoms with Gasteiger partial charge in [-0.15, -0.1) is 0 Å². The highest BCUT2D eigenvalue weighted by Crippen LogP contribution is 2.29. The van der Waals surface area contributed by atoms with E-state index in [1.807, 2.05) is 35.2 Å². The minimum Gasteiger partial charge on any atom is -0.480 e. The summed E-state index contributed by atoms with van der Waals surface area (Å²) < 4.78 is 0. The number of nitrogens with zero attached hydrogens (tertiary/aromatic N) is 2. The first-order chi connectivity index (χ1) is 15.1. The molecule has 4 rings (SSSR count). The van der Waals surface area contributed by atoms with Gasteiger partial charge in [-0.25, -0.2) is 4.98 Å². The van der Waals surface area contributed by atoms with Gasteiger partial charge in [0.05, 0.1) is 5.92 Å². The van der Waals surface area contributed by atoms with E-state index in [4.69, 9.17) is 4.98 Å². The number of hydrogen-bond acceptors (Lipinski definition) is 5. The summed E-state index contributed by atoms with van der Waals surface area (Å²) >= 11 is 0. The smallest absolute Gasteiger partial charge is 0.325 e. The quantitative estimate of drug-likeness (QED) is 0.538. The number of pyridine rings is 1. The number of aromatic nitrogens is 1. The van der Waals surface area contributed by atoms with Crippen LogP contribution in [0.4, 0.5) is 5.82 Å². The van der Waals surface area contributed by atoms with Gasteiger partial charge in [0, 0.05) is 31.9 Å². The lowest BCUT2D eigenvalue weighted by Crippen LogP contribution is -2.56. The average Bonchev–Trinajstić information content (AvgIpc) is 2.75. The first kappa shape index (κ1) is 21.3. The normalized spacial score (nSPS) is 17.2. The fourth-order valence-corrected chi connectivity index (χ4v) is 4.33. The van der Waals surface area contributed by atoms with Crippen molar-refractivity contribution < 1.29 is 14.7 Å². The number of carboxylic acid groups (broad SMARTS) is 1. The molecule has 1 atom stereocenters. The van der Waals surface area contributed by atoms with Crippen molar-refractivity contribution in [2.24, 2.45) is 5.92 Å². The van der Waals surface area contributed by atoms with Crippen molar-refractivity contribution in [3.63, 3.8) is 0 Å². The molecule has 3 N–H and O–H groups in total. The number of fused-ring (bicyclic) bond motifs is 1. The molecule has 2 aliphatic rings. The van der Waals surface area contributed by atoms with Gasteiger partial charge in [0.25, 0.3) is 0 Å². The molecule has 0 radical (unpaired) electrons. The van der Waals surface area contributed by atoms with Crippen LogP contribution in [0.2, 0.25) is 0 Å². The van der Waals surface area contributed by atoms with Crippen LogP contribution in [0.1, 0.15) is 42.1 Å². The Hall–Kier alpha value is -2.93. The minimum absolute atomic E-state index is 0.0181. The van der Waals surface area contributed by atoms with E-state index >= 15 is 0 Å². The number of benzene rings is 1. The summed E-state index contributed by atoms with van der Waals surface area (Å²) in [6.07, 6.45) is 5.03. The van der Waals surface area contributed by atoms with Gasteiger partial charge in [-0.1, -0.05) is 36.4 Å². The number of rotatable bonds is 9. The van der Waals surface area contributed by atoms with Gasteiger partial charge in [0.1, 0.15) is 11.9 Å². The summed E-state index contributed by atoms with van der Waals surface area (Å²) in [7, 11) is 0. The van der Waals surface area contributed by atoms with E-state index in [9.17, 15) is 14.7 Å². The number of unbranched alkanes of at least 4 members (excludes halogenated alkanes) is 1. The number of likely N-dealkylation sites (tertiary alicyclic amines) is 1. The zero-order valence-electron chi connectivity index (χ0n) is 17.7. The molecule has 3 heterocycles. The molecule has 0 unspecified atom stereocenters. The molecule has 7 heteroatoms. The lowest BCUT2D eigenvalue weighted by molar-refractivity contribution is -0.149. The van der Waals surface area contributed by atoms with E-state index < -0.39 is 12.0 Å². The largest absolute Gasteiger partial charge is 0.480 e. The summed E-state index contributed by atoms with van der Waals surface area (Å²) in [5.74, 6) is 0.0290. The number of hydrogen-bond donors (Lipinski definition) is 3. The fraction of sp³-hybridized carbons (Fsp3) is 0.458. The van der Waals surface area contributed by atoms with Crippen molar-refractivity contribution in [3.8, 4) is 0 Å². The van der Waals surface area contributed by atoms with Crippen LogP contribution < -0.4 is 10.6 Å². The highest BCUT2D eigenvalue weighted by atomic mass is 16.4. The SMILES string of the molecule is O=C(NCCCCc1ccc2c(n1)NCCC2)C1CN([C@@H](C(=O)O)c2ccccc2)C1. The van der Waals surface area contributed by atoms with E-state index in [0.717, 1.165) is 55.7 Å². The number of carboxylic acids is 1. The van der Waals surface area contributed by atoms with Gasteiger partial charge in [-0.05, 0) is 49.3 Å². The number of nitrogens with one attached hydrogen (secondary N) is 2. The molecule has 0 aliphatic carbocycles. The van der Waals surface area contributed by atoms with Gasteiger partial charge in [-0.3, -0.25) is 14.5 Å². The standard InChI is InChI=1S/C24H30N4O3/c29-23(19-15-28(16-19)21(24(30)31)17-7-2-1-3-8-17)26-13-5-4-10-20-12-11-18-9-6-14-25-22(18)27-20/h1-3,7-8,11-12,19,21H,4-6,9-10,13-16H2,(H,25,27)(H,26,29)(H,30,31)/t21-/m1/s1. The molecule has 1 aromatic heterocycles. The maximum atomic E-state index is 12.4. The molecule has 0 spiro atoms. The molecule has 0 bridgehead atoms. The Kier molecular flexibility index (Phi) is 6.82. The Morgan fingerprint density at radius 3 is 2.74 bits per heavy atom. The van der Waals surface area contributed by atoms with Gasteiger partial charge >= 0.3 is 5.97 Å². The summed E-state index contributed by atoms with van der Waals surface area (Å²) in [6.45, 7) is 2.58. The Bertz CT molecular complexity index is 912. The summed E-state index contributed by atoms with van der Waals surface area (Å²) in [6, 6.07) is 12.8. The lowest BCUT2D eigenvalue weighted by atomic mass is 9.93. The van der Waals surface area contributed by atoms with E-state index in [-0.39, 0.29) is 11.8 Å². The van der Waals surface area contributed by atoms with Gasteiger partial charge in [0.15, 0.2) is 0 Å². The number of aliphatic carboxylic acids is 1. The second-order valence-electron chi connectivity index (χ2n) is 8.39. The van der Waals surface area contributed by atoms with Crippen molar-refractivity contribution in [1.82, 2.24) is 15.2 Å². The first-order valence-corrected chi connectivity index (χ1v) is 11.1. The monoisotopic (exact) mass is 422 g/mol. The molecule has 1 fully saturated rings. The minimum atomic E-state index is -0.879. The number of aryl methyl sites for hydroxylation is 2. The lowest BCUT2D eigenvalue weighted by Gasteiger charge is -2.41. The number of anilines is 1. The molecule has 1 aromatic carbocycles. The van der Waals surface area contributed by atoms with Crippen molar-refractivity contribution in [3.05, 3.63) is 59.3 Å². The molecule has 164 valence electrons. The second-order valence-corrected chi connectivity index (χ2v) is 8.39. The highest BCUT2D eigenvalue weighted by Gasteiger charge is 2.40. The molecule has 2 aromatic rings. The third-order valence-electron chi connectivity index (χ3n) is 6.11. The Morgan fingerprint density at radius 1 is 1.16 bits per heavy atom. The Labute approximate surface area is 182 Å². The molecule has 2 aliphatic heterocycles. The molecule has 1 amide bonds. The Balaban J connectivity index is 1.16. The van der Waals surface area contributed by atoms with Crippen LogP contribution in [0, 0.1) is 5.92 Å². The predicted molar refractivity (Wildman–Crippen MR) is 119 cm³/mol. The van der Waals surface area contributed by atoms with Crippen LogP contribution in [-0.4, -0.2) is 53.0 Å². The maximum absolute atomic E-state index is 12.4. The fourth-order valence-electron chi connectivity index (χ4n) is 4.33. The molecule has 0 saturated carbocycles. The third kappa shape index (κ3) is 5.22. The number of carbonyl (C=O) groups is 2. The van der Waals surface area contributed by atoms with E-state index in [1.165, 1.54) is 5.56 Å². The zero-order valence-corrected chi connectivity index (χ0v) is 17.7. The summed E-state index contributed by atoms with van der Waals surface area (Å²) in [4.78, 5) is 30.6. The van der Waals surface area contributed by atoms with Crippen molar-refractivity contribution >= 4 is 17.7 Å². The van der Waals surface area contributed by atoms with Gasteiger partial charge < -0.3 is 15.7 Å². The predicted octanol–water partition coefficient (Wildman–Crippen LogP) is 2.64. The average molecular weight is 423 g/mol. The third-order valence-corrected chi connectivity index (χ3v) is 6.11. The zero-order chi connectivity index (χ0) is 21.6. The molecular weight excluding hydrogens is 392 g/mol. The molecular formula is C24H30N4O3. The maximum Gasteiger partial charge on any atom is 0.325 e. The van der Waals surface area contributed by atoms with Crippen LogP contribution in [0.3, 0.4) is 0 Å². The van der Waals surface area contributed by atoms with E-state index in [1.54, 1.807) is 0 Å². The molecule has 1 saturated heterocycles. The number of carbonyl (C=O) groups excluding carboxylic acids is 1. The summed E-state index contributed by atoms with van der Waals surface area (Å²) in [5.41, 5.74) is 3.14.